The van der Waals surface area contributed by atoms with Gasteiger partial charge in [0.15, 0.2) is 0 Å². The molecule has 116 valence electrons. The number of pyridine rings is 1. The molecule has 4 nitrogen and oxygen atoms in total. The third kappa shape index (κ3) is 3.82. The molecule has 2 saturated heterocycles. The van der Waals surface area contributed by atoms with Crippen molar-refractivity contribution in [1.82, 2.24) is 9.88 Å². The summed E-state index contributed by atoms with van der Waals surface area (Å²) < 4.78 is 11.5. The summed E-state index contributed by atoms with van der Waals surface area (Å²) in [5.74, 6) is 0.672. The second-order valence-electron chi connectivity index (χ2n) is 6.52. The molecule has 1 aromatic rings. The van der Waals surface area contributed by atoms with Gasteiger partial charge >= 0.3 is 0 Å². The first kappa shape index (κ1) is 14.9. The van der Waals surface area contributed by atoms with Crippen LogP contribution in [-0.2, 0) is 16.0 Å². The molecular weight excluding hydrogens is 264 g/mol. The number of ether oxygens (including phenoxy) is 2. The van der Waals surface area contributed by atoms with Crippen LogP contribution in [0.4, 0.5) is 0 Å². The molecular formula is C17H26N2O2. The normalized spacial score (nSPS) is 30.0. The molecule has 0 bridgehead atoms. The Balaban J connectivity index is 1.56. The number of methoxy groups -OCH3 is 1. The van der Waals surface area contributed by atoms with E-state index >= 15 is 0 Å². The summed E-state index contributed by atoms with van der Waals surface area (Å²) >= 11 is 0. The van der Waals surface area contributed by atoms with Crippen molar-refractivity contribution in [1.29, 1.82) is 0 Å². The van der Waals surface area contributed by atoms with Gasteiger partial charge in [0, 0.05) is 39.2 Å². The number of rotatable bonds is 5. The Hall–Kier alpha value is -0.970. The van der Waals surface area contributed by atoms with Gasteiger partial charge < -0.3 is 9.47 Å². The van der Waals surface area contributed by atoms with Crippen LogP contribution in [-0.4, -0.2) is 48.9 Å². The summed E-state index contributed by atoms with van der Waals surface area (Å²) in [5, 5.41) is 0. The van der Waals surface area contributed by atoms with Crippen molar-refractivity contribution in [3.05, 3.63) is 30.1 Å². The van der Waals surface area contributed by atoms with E-state index in [1.165, 1.54) is 31.4 Å². The van der Waals surface area contributed by atoms with E-state index in [4.69, 9.17) is 9.47 Å². The zero-order valence-corrected chi connectivity index (χ0v) is 13.0. The van der Waals surface area contributed by atoms with E-state index in [1.54, 1.807) is 7.11 Å². The summed E-state index contributed by atoms with van der Waals surface area (Å²) in [7, 11) is 1.78. The lowest BCUT2D eigenvalue weighted by Gasteiger charge is -2.40. The number of hydrogen-bond acceptors (Lipinski definition) is 4. The van der Waals surface area contributed by atoms with Crippen LogP contribution in [0.2, 0.25) is 0 Å². The van der Waals surface area contributed by atoms with Crippen LogP contribution in [0.25, 0.3) is 0 Å². The summed E-state index contributed by atoms with van der Waals surface area (Å²) in [6.45, 7) is 5.02. The minimum Gasteiger partial charge on any atom is -0.385 e. The van der Waals surface area contributed by atoms with E-state index in [0.29, 0.717) is 5.92 Å². The predicted octanol–water partition coefficient (Wildman–Crippen LogP) is 2.49. The second-order valence-corrected chi connectivity index (χ2v) is 6.52. The first-order valence-electron chi connectivity index (χ1n) is 8.04. The van der Waals surface area contributed by atoms with Crippen LogP contribution in [0, 0.1) is 5.92 Å². The van der Waals surface area contributed by atoms with Crippen molar-refractivity contribution in [2.24, 2.45) is 5.92 Å². The zero-order valence-electron chi connectivity index (χ0n) is 13.0. The smallest absolute Gasteiger partial charge is 0.0813 e. The fraction of sp³-hybridized carbons (Fsp3) is 0.706. The highest BCUT2D eigenvalue weighted by atomic mass is 16.5. The molecule has 0 saturated carbocycles. The molecule has 2 fully saturated rings. The Labute approximate surface area is 127 Å². The molecule has 0 aromatic carbocycles. The largest absolute Gasteiger partial charge is 0.385 e. The topological polar surface area (TPSA) is 34.6 Å². The van der Waals surface area contributed by atoms with Gasteiger partial charge in [-0.05, 0) is 55.8 Å². The van der Waals surface area contributed by atoms with Crippen LogP contribution < -0.4 is 0 Å². The maximum atomic E-state index is 6.25. The van der Waals surface area contributed by atoms with Crippen LogP contribution in [0.15, 0.2) is 24.5 Å². The summed E-state index contributed by atoms with van der Waals surface area (Å²) in [6.07, 6.45) is 8.53. The molecule has 3 heterocycles. The highest BCUT2D eigenvalue weighted by molar-refractivity contribution is 5.10. The Morgan fingerprint density at radius 1 is 1.43 bits per heavy atom. The lowest BCUT2D eigenvalue weighted by molar-refractivity contribution is -0.0535. The number of aromatic nitrogens is 1. The van der Waals surface area contributed by atoms with Crippen molar-refractivity contribution in [3.63, 3.8) is 0 Å². The van der Waals surface area contributed by atoms with Crippen molar-refractivity contribution in [3.8, 4) is 0 Å². The molecule has 1 spiro atoms. The molecule has 4 heteroatoms. The molecule has 0 amide bonds. The van der Waals surface area contributed by atoms with Gasteiger partial charge in [0.25, 0.3) is 0 Å². The van der Waals surface area contributed by atoms with Crippen LogP contribution in [0.5, 0.6) is 0 Å². The average molecular weight is 290 g/mol. The minimum absolute atomic E-state index is 0.101. The SMILES string of the molecule is COCC[C@H]1CO[C@@]2(CCCN(Cc3ccncc3)C2)C1. The number of nitrogens with zero attached hydrogens (tertiary/aromatic N) is 2. The first-order chi connectivity index (χ1) is 10.3. The molecule has 3 rings (SSSR count). The van der Waals surface area contributed by atoms with E-state index in [9.17, 15) is 0 Å². The van der Waals surface area contributed by atoms with Gasteiger partial charge in [-0.15, -0.1) is 0 Å². The quantitative estimate of drug-likeness (QED) is 0.834. The summed E-state index contributed by atoms with van der Waals surface area (Å²) in [5.41, 5.74) is 1.44. The van der Waals surface area contributed by atoms with Gasteiger partial charge in [0.05, 0.1) is 12.2 Å². The van der Waals surface area contributed by atoms with Crippen LogP contribution >= 0.6 is 0 Å². The van der Waals surface area contributed by atoms with Crippen molar-refractivity contribution < 1.29 is 9.47 Å². The molecule has 2 aliphatic rings. The van der Waals surface area contributed by atoms with E-state index in [-0.39, 0.29) is 5.60 Å². The molecule has 1 aromatic heterocycles. The Morgan fingerprint density at radius 3 is 3.10 bits per heavy atom. The number of hydrogen-bond donors (Lipinski definition) is 0. The first-order valence-corrected chi connectivity index (χ1v) is 8.04. The molecule has 0 radical (unpaired) electrons. The van der Waals surface area contributed by atoms with Gasteiger partial charge in [-0.3, -0.25) is 9.88 Å². The number of piperidine rings is 1. The van der Waals surface area contributed by atoms with Crippen molar-refractivity contribution in [2.45, 2.75) is 37.8 Å². The van der Waals surface area contributed by atoms with Crippen LogP contribution in [0.1, 0.15) is 31.2 Å². The number of likely N-dealkylation sites (tertiary alicyclic amines) is 1. The van der Waals surface area contributed by atoms with Gasteiger partial charge in [0.1, 0.15) is 0 Å². The molecule has 0 N–H and O–H groups in total. The maximum absolute atomic E-state index is 6.25. The van der Waals surface area contributed by atoms with Gasteiger partial charge in [0.2, 0.25) is 0 Å². The van der Waals surface area contributed by atoms with Crippen LogP contribution in [0.3, 0.4) is 0 Å². The second kappa shape index (κ2) is 6.86. The van der Waals surface area contributed by atoms with Gasteiger partial charge in [-0.2, -0.15) is 0 Å². The average Bonchev–Trinajstić information content (AvgIpc) is 2.89. The van der Waals surface area contributed by atoms with Gasteiger partial charge in [-0.1, -0.05) is 0 Å². The fourth-order valence-electron chi connectivity index (χ4n) is 3.76. The predicted molar refractivity (Wildman–Crippen MR) is 82.0 cm³/mol. The molecule has 2 atom stereocenters. The lowest BCUT2D eigenvalue weighted by atomic mass is 9.85. The highest BCUT2D eigenvalue weighted by Gasteiger charge is 2.42. The lowest BCUT2D eigenvalue weighted by Crippen LogP contribution is -2.47. The fourth-order valence-corrected chi connectivity index (χ4v) is 3.76. The van der Waals surface area contributed by atoms with Crippen molar-refractivity contribution in [2.75, 3.05) is 33.4 Å². The molecule has 21 heavy (non-hydrogen) atoms. The molecule has 2 aliphatic heterocycles. The van der Waals surface area contributed by atoms with E-state index in [2.05, 4.69) is 22.0 Å². The Kier molecular flexibility index (Phi) is 4.88. The van der Waals surface area contributed by atoms with Crippen molar-refractivity contribution >= 4 is 0 Å². The monoisotopic (exact) mass is 290 g/mol. The third-order valence-corrected chi connectivity index (χ3v) is 4.79. The van der Waals surface area contributed by atoms with E-state index in [0.717, 1.165) is 32.7 Å². The Morgan fingerprint density at radius 2 is 2.29 bits per heavy atom. The zero-order chi connectivity index (χ0) is 14.5. The van der Waals surface area contributed by atoms with E-state index < -0.39 is 0 Å². The third-order valence-electron chi connectivity index (χ3n) is 4.79. The molecule has 0 unspecified atom stereocenters. The van der Waals surface area contributed by atoms with E-state index in [1.807, 2.05) is 12.4 Å². The highest BCUT2D eigenvalue weighted by Crippen LogP contribution is 2.38. The minimum atomic E-state index is 0.101. The summed E-state index contributed by atoms with van der Waals surface area (Å²) in [4.78, 5) is 6.63. The molecule has 0 aliphatic carbocycles. The Bertz CT molecular complexity index is 440. The maximum Gasteiger partial charge on any atom is 0.0813 e. The summed E-state index contributed by atoms with van der Waals surface area (Å²) in [6, 6.07) is 4.22. The standard InChI is InChI=1S/C17H26N2O2/c1-20-10-5-16-11-17(21-13-16)6-2-9-19(14-17)12-15-3-7-18-8-4-15/h3-4,7-8,16H,2,5-6,9-14H2,1H3/t16-,17+/m1/s1. The van der Waals surface area contributed by atoms with Gasteiger partial charge in [-0.25, -0.2) is 0 Å².